The van der Waals surface area contributed by atoms with Crippen LogP contribution in [-0.2, 0) is 0 Å². The number of halogens is 5. The molecule has 0 saturated carbocycles. The zero-order chi connectivity index (χ0) is 12.6. The summed E-state index contributed by atoms with van der Waals surface area (Å²) in [5.41, 5.74) is 1.01. The van der Waals surface area contributed by atoms with Crippen molar-refractivity contribution in [2.45, 2.75) is 4.83 Å². The molecular formula is C11H5Br2Cl3S. The van der Waals surface area contributed by atoms with Crippen LogP contribution >= 0.6 is 78.0 Å². The molecular weight excluding hydrogens is 430 g/mol. The van der Waals surface area contributed by atoms with Gasteiger partial charge in [0, 0.05) is 19.4 Å². The van der Waals surface area contributed by atoms with Gasteiger partial charge in [0.25, 0.3) is 0 Å². The van der Waals surface area contributed by atoms with Crippen molar-refractivity contribution in [2.24, 2.45) is 0 Å². The number of hydrogen-bond donors (Lipinski definition) is 0. The number of rotatable bonds is 2. The molecule has 2 rings (SSSR count). The van der Waals surface area contributed by atoms with E-state index in [1.807, 2.05) is 18.2 Å². The van der Waals surface area contributed by atoms with E-state index in [1.165, 1.54) is 11.3 Å². The summed E-state index contributed by atoms with van der Waals surface area (Å²) >= 11 is 26.5. The zero-order valence-electron chi connectivity index (χ0n) is 8.18. The lowest BCUT2D eigenvalue weighted by atomic mass is 10.1. The number of thiophene rings is 1. The maximum Gasteiger partial charge on any atom is 0.107 e. The van der Waals surface area contributed by atoms with Gasteiger partial charge in [0.1, 0.15) is 4.34 Å². The van der Waals surface area contributed by atoms with E-state index >= 15 is 0 Å². The van der Waals surface area contributed by atoms with Crippen LogP contribution in [0.15, 0.2) is 28.7 Å². The molecule has 0 aliphatic rings. The van der Waals surface area contributed by atoms with E-state index in [-0.39, 0.29) is 4.83 Å². The summed E-state index contributed by atoms with van der Waals surface area (Å²) < 4.78 is 1.63. The molecule has 1 aromatic carbocycles. The van der Waals surface area contributed by atoms with Crippen LogP contribution in [0.2, 0.25) is 14.4 Å². The Morgan fingerprint density at radius 3 is 2.06 bits per heavy atom. The second kappa shape index (κ2) is 5.81. The van der Waals surface area contributed by atoms with Crippen molar-refractivity contribution in [1.29, 1.82) is 0 Å². The van der Waals surface area contributed by atoms with Gasteiger partial charge in [0.05, 0.1) is 4.83 Å². The summed E-state index contributed by atoms with van der Waals surface area (Å²) in [6, 6.07) is 7.47. The Kier molecular flexibility index (Phi) is 4.84. The van der Waals surface area contributed by atoms with Gasteiger partial charge in [-0.15, -0.1) is 11.3 Å². The summed E-state index contributed by atoms with van der Waals surface area (Å²) in [4.78, 5) is 1.13. The standard InChI is InChI=1S/C11H5Br2Cl3S/c12-8-4-9(17-11(8)16)10(13)5-1-6(14)3-7(15)2-5/h1-4,10H. The molecule has 17 heavy (non-hydrogen) atoms. The molecule has 0 fully saturated rings. The Bertz CT molecular complexity index is 514. The lowest BCUT2D eigenvalue weighted by Gasteiger charge is -2.09. The Morgan fingerprint density at radius 2 is 1.59 bits per heavy atom. The predicted molar refractivity (Wildman–Crippen MR) is 84.3 cm³/mol. The van der Waals surface area contributed by atoms with Gasteiger partial charge >= 0.3 is 0 Å². The molecule has 6 heteroatoms. The summed E-state index contributed by atoms with van der Waals surface area (Å²) in [6.45, 7) is 0. The Labute approximate surface area is 135 Å². The molecule has 0 radical (unpaired) electrons. The molecule has 1 heterocycles. The highest BCUT2D eigenvalue weighted by molar-refractivity contribution is 9.10. The van der Waals surface area contributed by atoms with Gasteiger partial charge in [0.15, 0.2) is 0 Å². The third-order valence-corrected chi connectivity index (χ3v) is 6.39. The monoisotopic (exact) mass is 432 g/mol. The fourth-order valence-corrected chi connectivity index (χ4v) is 4.34. The number of hydrogen-bond acceptors (Lipinski definition) is 1. The van der Waals surface area contributed by atoms with Crippen molar-refractivity contribution in [3.63, 3.8) is 0 Å². The minimum absolute atomic E-state index is 0.0347. The van der Waals surface area contributed by atoms with E-state index in [4.69, 9.17) is 34.8 Å². The largest absolute Gasteiger partial charge is 0.126 e. The first-order chi connectivity index (χ1) is 7.97. The molecule has 0 aliphatic carbocycles. The maximum absolute atomic E-state index is 6.02. The molecule has 0 amide bonds. The third-order valence-electron chi connectivity index (χ3n) is 2.09. The number of alkyl halides is 1. The van der Waals surface area contributed by atoms with Crippen molar-refractivity contribution in [3.05, 3.63) is 53.6 Å². The second-order valence-electron chi connectivity index (χ2n) is 3.34. The molecule has 0 N–H and O–H groups in total. The minimum Gasteiger partial charge on any atom is -0.126 e. The molecule has 1 aromatic heterocycles. The Hall–Kier alpha value is 0.750. The molecule has 0 spiro atoms. The van der Waals surface area contributed by atoms with Crippen molar-refractivity contribution < 1.29 is 0 Å². The van der Waals surface area contributed by atoms with Gasteiger partial charge < -0.3 is 0 Å². The van der Waals surface area contributed by atoms with E-state index in [1.54, 1.807) is 6.07 Å². The molecule has 90 valence electrons. The summed E-state index contributed by atoms with van der Waals surface area (Å²) in [6.07, 6.45) is 0. The van der Waals surface area contributed by atoms with Gasteiger partial charge in [-0.25, -0.2) is 0 Å². The fourth-order valence-electron chi connectivity index (χ4n) is 1.37. The van der Waals surface area contributed by atoms with Crippen LogP contribution in [0.3, 0.4) is 0 Å². The summed E-state index contributed by atoms with van der Waals surface area (Å²) in [7, 11) is 0. The first-order valence-electron chi connectivity index (χ1n) is 4.52. The SMILES string of the molecule is Clc1cc(Cl)cc(C(Br)c2cc(Br)c(Cl)s2)c1. The average molecular weight is 435 g/mol. The average Bonchev–Trinajstić information content (AvgIpc) is 2.57. The normalized spacial score (nSPS) is 12.8. The first kappa shape index (κ1) is 14.2. The van der Waals surface area contributed by atoms with E-state index in [9.17, 15) is 0 Å². The minimum atomic E-state index is 0.0347. The third kappa shape index (κ3) is 3.40. The lowest BCUT2D eigenvalue weighted by Crippen LogP contribution is -1.89. The molecule has 1 unspecified atom stereocenters. The quantitative estimate of drug-likeness (QED) is 0.448. The highest BCUT2D eigenvalue weighted by Gasteiger charge is 2.16. The van der Waals surface area contributed by atoms with E-state index < -0.39 is 0 Å². The first-order valence-corrected chi connectivity index (χ1v) is 8.18. The molecule has 0 nitrogen and oxygen atoms in total. The van der Waals surface area contributed by atoms with Crippen LogP contribution in [0.1, 0.15) is 15.3 Å². The van der Waals surface area contributed by atoms with Gasteiger partial charge in [-0.05, 0) is 45.8 Å². The van der Waals surface area contributed by atoms with Gasteiger partial charge in [-0.1, -0.05) is 50.7 Å². The highest BCUT2D eigenvalue weighted by Crippen LogP contribution is 2.42. The van der Waals surface area contributed by atoms with Crippen LogP contribution < -0.4 is 0 Å². The highest BCUT2D eigenvalue weighted by atomic mass is 79.9. The Morgan fingerprint density at radius 1 is 1.00 bits per heavy atom. The Balaban J connectivity index is 2.39. The van der Waals surface area contributed by atoms with E-state index in [0.717, 1.165) is 19.2 Å². The lowest BCUT2D eigenvalue weighted by molar-refractivity contribution is 1.22. The van der Waals surface area contributed by atoms with Crippen LogP contribution in [-0.4, -0.2) is 0 Å². The molecule has 0 bridgehead atoms. The van der Waals surface area contributed by atoms with Gasteiger partial charge in [-0.2, -0.15) is 0 Å². The topological polar surface area (TPSA) is 0 Å². The number of benzene rings is 1. The van der Waals surface area contributed by atoms with Crippen LogP contribution in [0.5, 0.6) is 0 Å². The smallest absolute Gasteiger partial charge is 0.107 e. The van der Waals surface area contributed by atoms with Crippen LogP contribution in [0.25, 0.3) is 0 Å². The van der Waals surface area contributed by atoms with E-state index in [0.29, 0.717) is 10.0 Å². The van der Waals surface area contributed by atoms with Gasteiger partial charge in [0.2, 0.25) is 0 Å². The van der Waals surface area contributed by atoms with Crippen molar-refractivity contribution in [3.8, 4) is 0 Å². The van der Waals surface area contributed by atoms with E-state index in [2.05, 4.69) is 31.9 Å². The van der Waals surface area contributed by atoms with Crippen LogP contribution in [0, 0.1) is 0 Å². The van der Waals surface area contributed by atoms with Crippen molar-refractivity contribution in [2.75, 3.05) is 0 Å². The van der Waals surface area contributed by atoms with Crippen LogP contribution in [0.4, 0.5) is 0 Å². The maximum atomic E-state index is 6.02. The predicted octanol–water partition coefficient (Wildman–Crippen LogP) is 6.96. The molecule has 0 saturated heterocycles. The van der Waals surface area contributed by atoms with Gasteiger partial charge in [-0.3, -0.25) is 0 Å². The zero-order valence-corrected chi connectivity index (χ0v) is 14.4. The van der Waals surface area contributed by atoms with Crippen molar-refractivity contribution in [1.82, 2.24) is 0 Å². The van der Waals surface area contributed by atoms with Crippen molar-refractivity contribution >= 4 is 78.0 Å². The fraction of sp³-hybridized carbons (Fsp3) is 0.0909. The second-order valence-corrected chi connectivity index (χ2v) is 7.66. The molecule has 0 aliphatic heterocycles. The summed E-state index contributed by atoms with van der Waals surface area (Å²) in [5, 5.41) is 1.25. The summed E-state index contributed by atoms with van der Waals surface area (Å²) in [5.74, 6) is 0. The molecule has 2 aromatic rings. The molecule has 1 atom stereocenters.